The molecule has 196 valence electrons. The molecule has 0 radical (unpaired) electrons. The van der Waals surface area contributed by atoms with Crippen molar-refractivity contribution in [3.8, 4) is 0 Å². The van der Waals surface area contributed by atoms with Gasteiger partial charge in [0.2, 0.25) is 11.8 Å². The zero-order chi connectivity index (χ0) is 27.2. The molecule has 7 nitrogen and oxygen atoms in total. The van der Waals surface area contributed by atoms with E-state index in [9.17, 15) is 18.0 Å². The predicted molar refractivity (Wildman–Crippen MR) is 147 cm³/mol. The van der Waals surface area contributed by atoms with Gasteiger partial charge in [-0.1, -0.05) is 65.7 Å². The zero-order valence-electron chi connectivity index (χ0n) is 20.8. The molecule has 0 fully saturated rings. The molecule has 1 N–H and O–H groups in total. The third-order valence-corrected chi connectivity index (χ3v) is 7.94. The number of carbonyl (C=O) groups excluding carboxylic acids is 2. The molecule has 0 aromatic heterocycles. The summed E-state index contributed by atoms with van der Waals surface area (Å²) in [5.41, 5.74) is 0.893. The number of anilines is 1. The lowest BCUT2D eigenvalue weighted by molar-refractivity contribution is -0.139. The molecule has 0 aliphatic carbocycles. The summed E-state index contributed by atoms with van der Waals surface area (Å²) in [4.78, 5) is 28.0. The van der Waals surface area contributed by atoms with E-state index in [0.717, 1.165) is 9.87 Å². The topological polar surface area (TPSA) is 86.8 Å². The van der Waals surface area contributed by atoms with Crippen LogP contribution in [0.15, 0.2) is 83.8 Å². The quantitative estimate of drug-likeness (QED) is 0.371. The molecular formula is C27H29Cl2N3O4S. The van der Waals surface area contributed by atoms with Crippen LogP contribution >= 0.6 is 23.2 Å². The van der Waals surface area contributed by atoms with Crippen LogP contribution < -0.4 is 9.62 Å². The SMILES string of the molecule is CC(C)NC(=O)C(C)N(Cc1ccc(Cl)cc1)C(=O)CN(c1ccccc1Cl)S(=O)(=O)c1ccccc1. The summed E-state index contributed by atoms with van der Waals surface area (Å²) in [5.74, 6) is -0.923. The fraction of sp³-hybridized carbons (Fsp3) is 0.259. The third-order valence-electron chi connectivity index (χ3n) is 5.60. The lowest BCUT2D eigenvalue weighted by Gasteiger charge is -2.32. The van der Waals surface area contributed by atoms with Crippen LogP contribution in [-0.2, 0) is 26.2 Å². The van der Waals surface area contributed by atoms with E-state index in [0.29, 0.717) is 5.02 Å². The minimum absolute atomic E-state index is 0.0116. The number of rotatable bonds is 10. The highest BCUT2D eigenvalue weighted by Gasteiger charge is 2.33. The largest absolute Gasteiger partial charge is 0.352 e. The van der Waals surface area contributed by atoms with E-state index >= 15 is 0 Å². The number of para-hydroxylation sites is 1. The molecule has 1 unspecified atom stereocenters. The summed E-state index contributed by atoms with van der Waals surface area (Å²) in [5, 5.41) is 3.52. The van der Waals surface area contributed by atoms with Crippen molar-refractivity contribution in [3.63, 3.8) is 0 Å². The van der Waals surface area contributed by atoms with Crippen LogP contribution in [0.2, 0.25) is 10.0 Å². The van der Waals surface area contributed by atoms with Gasteiger partial charge in [0, 0.05) is 17.6 Å². The minimum Gasteiger partial charge on any atom is -0.352 e. The molecule has 2 amide bonds. The number of sulfonamides is 1. The van der Waals surface area contributed by atoms with Crippen molar-refractivity contribution in [3.05, 3.63) is 94.5 Å². The van der Waals surface area contributed by atoms with Gasteiger partial charge < -0.3 is 10.2 Å². The maximum Gasteiger partial charge on any atom is 0.264 e. The second-order valence-corrected chi connectivity index (χ2v) is 11.5. The van der Waals surface area contributed by atoms with Crippen LogP contribution in [0.4, 0.5) is 5.69 Å². The van der Waals surface area contributed by atoms with Crippen molar-refractivity contribution >= 4 is 50.7 Å². The van der Waals surface area contributed by atoms with Crippen LogP contribution in [-0.4, -0.2) is 43.8 Å². The number of amides is 2. The number of hydrogen-bond acceptors (Lipinski definition) is 4. The zero-order valence-corrected chi connectivity index (χ0v) is 23.1. The highest BCUT2D eigenvalue weighted by Crippen LogP contribution is 2.30. The monoisotopic (exact) mass is 561 g/mol. The molecule has 0 spiro atoms. The molecule has 0 saturated heterocycles. The molecule has 0 bridgehead atoms. The molecule has 37 heavy (non-hydrogen) atoms. The van der Waals surface area contributed by atoms with Crippen molar-refractivity contribution < 1.29 is 18.0 Å². The number of hydrogen-bond donors (Lipinski definition) is 1. The maximum absolute atomic E-state index is 13.8. The van der Waals surface area contributed by atoms with Crippen LogP contribution in [0.25, 0.3) is 0 Å². The average Bonchev–Trinajstić information content (AvgIpc) is 2.87. The molecule has 0 saturated carbocycles. The summed E-state index contributed by atoms with van der Waals surface area (Å²) in [6.45, 7) is 4.76. The van der Waals surface area contributed by atoms with Gasteiger partial charge in [0.15, 0.2) is 0 Å². The number of halogens is 2. The highest BCUT2D eigenvalue weighted by atomic mass is 35.5. The Labute approximate surface area is 228 Å². The van der Waals surface area contributed by atoms with Crippen molar-refractivity contribution in [2.45, 2.75) is 44.3 Å². The molecule has 0 aliphatic rings. The molecule has 3 aromatic carbocycles. The number of benzene rings is 3. The van der Waals surface area contributed by atoms with Crippen LogP contribution in [0, 0.1) is 0 Å². The lowest BCUT2D eigenvalue weighted by atomic mass is 10.1. The van der Waals surface area contributed by atoms with E-state index < -0.39 is 28.5 Å². The Kier molecular flexibility index (Phi) is 9.59. The van der Waals surface area contributed by atoms with E-state index in [4.69, 9.17) is 23.2 Å². The molecule has 3 aromatic rings. The van der Waals surface area contributed by atoms with Crippen molar-refractivity contribution in [2.75, 3.05) is 10.8 Å². The third kappa shape index (κ3) is 7.25. The van der Waals surface area contributed by atoms with Gasteiger partial charge in [0.1, 0.15) is 12.6 Å². The van der Waals surface area contributed by atoms with Gasteiger partial charge in [0.25, 0.3) is 10.0 Å². The first-order valence-corrected chi connectivity index (χ1v) is 13.9. The number of nitrogens with zero attached hydrogens (tertiary/aromatic N) is 2. The smallest absolute Gasteiger partial charge is 0.264 e. The van der Waals surface area contributed by atoms with Crippen molar-refractivity contribution in [2.24, 2.45) is 0 Å². The number of carbonyl (C=O) groups is 2. The normalized spacial score (nSPS) is 12.2. The van der Waals surface area contributed by atoms with E-state index in [-0.39, 0.29) is 34.1 Å². The highest BCUT2D eigenvalue weighted by molar-refractivity contribution is 7.92. The molecule has 0 heterocycles. The van der Waals surface area contributed by atoms with Crippen molar-refractivity contribution in [1.82, 2.24) is 10.2 Å². The molecule has 1 atom stereocenters. The Morgan fingerprint density at radius 1 is 0.865 bits per heavy atom. The Bertz CT molecular complexity index is 1330. The van der Waals surface area contributed by atoms with Gasteiger partial charge in [0.05, 0.1) is 15.6 Å². The summed E-state index contributed by atoms with van der Waals surface area (Å²) in [6.07, 6.45) is 0. The molecule has 10 heteroatoms. The van der Waals surface area contributed by atoms with Crippen LogP contribution in [0.5, 0.6) is 0 Å². The summed E-state index contributed by atoms with van der Waals surface area (Å²) in [7, 11) is -4.17. The predicted octanol–water partition coefficient (Wildman–Crippen LogP) is 5.13. The maximum atomic E-state index is 13.8. The van der Waals surface area contributed by atoms with Crippen molar-refractivity contribution in [1.29, 1.82) is 0 Å². The minimum atomic E-state index is -4.17. The van der Waals surface area contributed by atoms with Gasteiger partial charge in [-0.15, -0.1) is 0 Å². The van der Waals surface area contributed by atoms with E-state index in [2.05, 4.69) is 5.32 Å². The van der Waals surface area contributed by atoms with E-state index in [1.165, 1.54) is 23.1 Å². The van der Waals surface area contributed by atoms with E-state index in [1.54, 1.807) is 67.6 Å². The van der Waals surface area contributed by atoms with Crippen LogP contribution in [0.1, 0.15) is 26.3 Å². The Hall–Kier alpha value is -3.07. The molecule has 3 rings (SSSR count). The standard InChI is InChI=1S/C27H29Cl2N3O4S/c1-19(2)30-27(34)20(3)31(17-21-13-15-22(28)16-14-21)26(33)18-32(25-12-8-7-11-24(25)29)37(35,36)23-9-5-4-6-10-23/h4-16,19-20H,17-18H2,1-3H3,(H,30,34). The van der Waals surface area contributed by atoms with Gasteiger partial charge in [-0.25, -0.2) is 8.42 Å². The molecule has 0 aliphatic heterocycles. The Morgan fingerprint density at radius 2 is 1.46 bits per heavy atom. The fourth-order valence-electron chi connectivity index (χ4n) is 3.66. The lowest BCUT2D eigenvalue weighted by Crippen LogP contribution is -2.52. The Balaban J connectivity index is 2.02. The van der Waals surface area contributed by atoms with Gasteiger partial charge in [-0.05, 0) is 62.7 Å². The van der Waals surface area contributed by atoms with Crippen LogP contribution in [0.3, 0.4) is 0 Å². The van der Waals surface area contributed by atoms with Gasteiger partial charge in [-0.2, -0.15) is 0 Å². The first kappa shape index (κ1) is 28.5. The second kappa shape index (κ2) is 12.4. The Morgan fingerprint density at radius 3 is 2.05 bits per heavy atom. The van der Waals surface area contributed by atoms with Gasteiger partial charge in [-0.3, -0.25) is 13.9 Å². The summed E-state index contributed by atoms with van der Waals surface area (Å²) < 4.78 is 28.4. The number of nitrogens with one attached hydrogen (secondary N) is 1. The first-order valence-electron chi connectivity index (χ1n) is 11.7. The van der Waals surface area contributed by atoms with E-state index in [1.807, 2.05) is 13.8 Å². The fourth-order valence-corrected chi connectivity index (χ4v) is 5.53. The summed E-state index contributed by atoms with van der Waals surface area (Å²) in [6, 6.07) is 20.1. The second-order valence-electron chi connectivity index (χ2n) is 8.76. The molecular weight excluding hydrogens is 533 g/mol. The summed E-state index contributed by atoms with van der Waals surface area (Å²) >= 11 is 12.4. The van der Waals surface area contributed by atoms with Gasteiger partial charge >= 0.3 is 0 Å². The average molecular weight is 563 g/mol. The first-order chi connectivity index (χ1) is 17.5.